The second kappa shape index (κ2) is 11.0. The van der Waals surface area contributed by atoms with Crippen molar-refractivity contribution in [2.75, 3.05) is 43.9 Å². The molecule has 0 bridgehead atoms. The lowest BCUT2D eigenvalue weighted by molar-refractivity contribution is -0.119. The van der Waals surface area contributed by atoms with Crippen molar-refractivity contribution >= 4 is 33.2 Å². The Hall–Kier alpha value is -2.75. The van der Waals surface area contributed by atoms with Crippen LogP contribution in [0.15, 0.2) is 53.4 Å². The summed E-state index contributed by atoms with van der Waals surface area (Å²) in [5.41, 5.74) is 2.29. The SMILES string of the molecule is CCN(CC)S(=O)(=O)c1ccc(NC(=O)CN(C)CC(=O)Nc2ccc(C)cc2)cc1. The van der Waals surface area contributed by atoms with E-state index in [2.05, 4.69) is 10.6 Å². The first-order chi connectivity index (χ1) is 14.6. The fraction of sp³-hybridized carbons (Fsp3) is 0.364. The lowest BCUT2D eigenvalue weighted by atomic mass is 10.2. The number of likely N-dealkylation sites (N-methyl/N-ethyl adjacent to an activating group) is 1. The number of carbonyl (C=O) groups is 2. The van der Waals surface area contributed by atoms with Gasteiger partial charge in [-0.1, -0.05) is 31.5 Å². The molecular weight excluding hydrogens is 416 g/mol. The molecule has 8 nitrogen and oxygen atoms in total. The van der Waals surface area contributed by atoms with E-state index in [4.69, 9.17) is 0 Å². The van der Waals surface area contributed by atoms with Crippen LogP contribution in [-0.4, -0.2) is 62.7 Å². The molecule has 0 atom stereocenters. The summed E-state index contributed by atoms with van der Waals surface area (Å²) in [5.74, 6) is -0.518. The third-order valence-electron chi connectivity index (χ3n) is 4.64. The van der Waals surface area contributed by atoms with E-state index in [1.165, 1.54) is 16.4 Å². The Morgan fingerprint density at radius 2 is 1.23 bits per heavy atom. The third kappa shape index (κ3) is 7.16. The summed E-state index contributed by atoms with van der Waals surface area (Å²) < 4.78 is 26.4. The van der Waals surface area contributed by atoms with Crippen molar-refractivity contribution in [2.45, 2.75) is 25.7 Å². The van der Waals surface area contributed by atoms with E-state index in [1.54, 1.807) is 37.9 Å². The van der Waals surface area contributed by atoms with Gasteiger partial charge in [-0.3, -0.25) is 14.5 Å². The summed E-state index contributed by atoms with van der Waals surface area (Å²) in [7, 11) is -1.86. The Balaban J connectivity index is 1.87. The fourth-order valence-electron chi connectivity index (χ4n) is 3.01. The van der Waals surface area contributed by atoms with Crippen molar-refractivity contribution in [2.24, 2.45) is 0 Å². The van der Waals surface area contributed by atoms with E-state index in [0.29, 0.717) is 24.5 Å². The first kappa shape index (κ1) is 24.5. The zero-order valence-electron chi connectivity index (χ0n) is 18.4. The van der Waals surface area contributed by atoms with Crippen molar-refractivity contribution in [3.05, 3.63) is 54.1 Å². The first-order valence-corrected chi connectivity index (χ1v) is 11.5. The number of hydrogen-bond donors (Lipinski definition) is 2. The third-order valence-corrected chi connectivity index (χ3v) is 6.71. The molecule has 0 aliphatic heterocycles. The summed E-state index contributed by atoms with van der Waals surface area (Å²) in [4.78, 5) is 26.2. The highest BCUT2D eigenvalue weighted by Gasteiger charge is 2.21. The van der Waals surface area contributed by atoms with E-state index in [-0.39, 0.29) is 29.8 Å². The maximum absolute atomic E-state index is 12.5. The average molecular weight is 447 g/mol. The molecule has 2 aromatic rings. The molecule has 31 heavy (non-hydrogen) atoms. The van der Waals surface area contributed by atoms with Crippen LogP contribution < -0.4 is 10.6 Å². The summed E-state index contributed by atoms with van der Waals surface area (Å²) in [5, 5.41) is 5.51. The van der Waals surface area contributed by atoms with E-state index >= 15 is 0 Å². The van der Waals surface area contributed by atoms with Crippen molar-refractivity contribution in [1.29, 1.82) is 0 Å². The van der Waals surface area contributed by atoms with Gasteiger partial charge in [0.15, 0.2) is 0 Å². The summed E-state index contributed by atoms with van der Waals surface area (Å²) >= 11 is 0. The molecule has 0 unspecified atom stereocenters. The smallest absolute Gasteiger partial charge is 0.243 e. The molecule has 2 rings (SSSR count). The Labute approximate surface area is 184 Å². The van der Waals surface area contributed by atoms with Gasteiger partial charge >= 0.3 is 0 Å². The topological polar surface area (TPSA) is 98.8 Å². The Bertz CT molecular complexity index is 985. The molecular formula is C22H30N4O4S. The van der Waals surface area contributed by atoms with Gasteiger partial charge in [-0.05, 0) is 50.4 Å². The van der Waals surface area contributed by atoms with Gasteiger partial charge < -0.3 is 10.6 Å². The minimum atomic E-state index is -3.54. The molecule has 168 valence electrons. The van der Waals surface area contributed by atoms with E-state index in [0.717, 1.165) is 5.56 Å². The van der Waals surface area contributed by atoms with Gasteiger partial charge in [-0.15, -0.1) is 0 Å². The number of aryl methyl sites for hydroxylation is 1. The number of nitrogens with one attached hydrogen (secondary N) is 2. The van der Waals surface area contributed by atoms with Crippen molar-refractivity contribution in [3.63, 3.8) is 0 Å². The maximum Gasteiger partial charge on any atom is 0.243 e. The molecule has 2 N–H and O–H groups in total. The molecule has 0 saturated carbocycles. The molecule has 0 fully saturated rings. The van der Waals surface area contributed by atoms with Crippen LogP contribution in [0.25, 0.3) is 0 Å². The molecule has 0 spiro atoms. The van der Waals surface area contributed by atoms with Gasteiger partial charge in [-0.2, -0.15) is 4.31 Å². The zero-order chi connectivity index (χ0) is 23.0. The van der Waals surface area contributed by atoms with Crippen LogP contribution in [0, 0.1) is 6.92 Å². The minimum absolute atomic E-state index is 0.0147. The largest absolute Gasteiger partial charge is 0.325 e. The highest BCUT2D eigenvalue weighted by molar-refractivity contribution is 7.89. The summed E-state index contributed by atoms with van der Waals surface area (Å²) in [6.07, 6.45) is 0. The summed E-state index contributed by atoms with van der Waals surface area (Å²) in [6, 6.07) is 13.5. The molecule has 0 aliphatic rings. The molecule has 2 amide bonds. The highest BCUT2D eigenvalue weighted by atomic mass is 32.2. The van der Waals surface area contributed by atoms with Crippen LogP contribution in [0.3, 0.4) is 0 Å². The Morgan fingerprint density at radius 3 is 1.65 bits per heavy atom. The monoisotopic (exact) mass is 446 g/mol. The quantitative estimate of drug-likeness (QED) is 0.584. The number of rotatable bonds is 10. The Morgan fingerprint density at radius 1 is 0.806 bits per heavy atom. The zero-order valence-corrected chi connectivity index (χ0v) is 19.2. The van der Waals surface area contributed by atoms with E-state index in [1.807, 2.05) is 31.2 Å². The average Bonchev–Trinajstić information content (AvgIpc) is 2.70. The van der Waals surface area contributed by atoms with Gasteiger partial charge in [0, 0.05) is 24.5 Å². The molecule has 0 radical (unpaired) electrons. The molecule has 0 aliphatic carbocycles. The van der Waals surface area contributed by atoms with Gasteiger partial charge in [0.25, 0.3) is 0 Å². The van der Waals surface area contributed by atoms with Crippen LogP contribution in [0.2, 0.25) is 0 Å². The van der Waals surface area contributed by atoms with Gasteiger partial charge in [0.1, 0.15) is 0 Å². The number of amides is 2. The molecule has 0 aromatic heterocycles. The molecule has 0 heterocycles. The predicted octanol–water partition coefficient (Wildman–Crippen LogP) is 2.53. The predicted molar refractivity (Wildman–Crippen MR) is 122 cm³/mol. The number of sulfonamides is 1. The number of carbonyl (C=O) groups excluding carboxylic acids is 2. The molecule has 0 saturated heterocycles. The lowest BCUT2D eigenvalue weighted by Crippen LogP contribution is -2.36. The van der Waals surface area contributed by atoms with Crippen molar-refractivity contribution < 1.29 is 18.0 Å². The van der Waals surface area contributed by atoms with Crippen LogP contribution in [0.5, 0.6) is 0 Å². The van der Waals surface area contributed by atoms with Gasteiger partial charge in [0.05, 0.1) is 18.0 Å². The molecule has 2 aromatic carbocycles. The van der Waals surface area contributed by atoms with Gasteiger partial charge in [0.2, 0.25) is 21.8 Å². The second-order valence-electron chi connectivity index (χ2n) is 7.25. The minimum Gasteiger partial charge on any atom is -0.325 e. The van der Waals surface area contributed by atoms with Crippen LogP contribution in [0.1, 0.15) is 19.4 Å². The van der Waals surface area contributed by atoms with Crippen molar-refractivity contribution in [1.82, 2.24) is 9.21 Å². The van der Waals surface area contributed by atoms with Crippen LogP contribution >= 0.6 is 0 Å². The lowest BCUT2D eigenvalue weighted by Gasteiger charge is -2.19. The molecule has 9 heteroatoms. The van der Waals surface area contributed by atoms with Crippen LogP contribution in [0.4, 0.5) is 11.4 Å². The van der Waals surface area contributed by atoms with Crippen LogP contribution in [-0.2, 0) is 19.6 Å². The van der Waals surface area contributed by atoms with E-state index < -0.39 is 10.0 Å². The number of anilines is 2. The highest BCUT2D eigenvalue weighted by Crippen LogP contribution is 2.18. The second-order valence-corrected chi connectivity index (χ2v) is 9.19. The van der Waals surface area contributed by atoms with Gasteiger partial charge in [-0.25, -0.2) is 8.42 Å². The standard InChI is InChI=1S/C22H30N4O4S/c1-5-26(6-2)31(29,30)20-13-11-19(12-14-20)24-22(28)16-25(4)15-21(27)23-18-9-7-17(3)8-10-18/h7-14H,5-6,15-16H2,1-4H3,(H,23,27)(H,24,28). The normalized spacial score (nSPS) is 11.5. The summed E-state index contributed by atoms with van der Waals surface area (Å²) in [6.45, 7) is 6.39. The number of nitrogens with zero attached hydrogens (tertiary/aromatic N) is 2. The first-order valence-electron chi connectivity index (χ1n) is 10.1. The number of benzene rings is 2. The fourth-order valence-corrected chi connectivity index (χ4v) is 4.46. The number of hydrogen-bond acceptors (Lipinski definition) is 5. The van der Waals surface area contributed by atoms with Crippen molar-refractivity contribution in [3.8, 4) is 0 Å². The maximum atomic E-state index is 12.5. The van der Waals surface area contributed by atoms with E-state index in [9.17, 15) is 18.0 Å². The Kier molecular flexibility index (Phi) is 8.73.